The predicted octanol–water partition coefficient (Wildman–Crippen LogP) is 8.55. The number of ether oxygens (including phenoxy) is 2. The van der Waals surface area contributed by atoms with Crippen molar-refractivity contribution in [2.45, 2.75) is 95.2 Å². The van der Waals surface area contributed by atoms with Crippen molar-refractivity contribution in [1.29, 1.82) is 0 Å². The third kappa shape index (κ3) is 7.94. The minimum Gasteiger partial charge on any atom is -0.487 e. The van der Waals surface area contributed by atoms with Gasteiger partial charge >= 0.3 is 12.1 Å². The lowest BCUT2D eigenvalue weighted by Crippen LogP contribution is -2.53. The van der Waals surface area contributed by atoms with Crippen LogP contribution in [0.25, 0.3) is 11.1 Å². The van der Waals surface area contributed by atoms with Gasteiger partial charge in [-0.3, -0.25) is 0 Å². The number of aryl methyl sites for hydroxylation is 2. The van der Waals surface area contributed by atoms with E-state index in [1.807, 2.05) is 100 Å². The molecule has 1 amide bonds. The Kier molecular flexibility index (Phi) is 11.1. The second kappa shape index (κ2) is 16.5. The summed E-state index contributed by atoms with van der Waals surface area (Å²) in [6.45, 7) is 10.2. The molecule has 1 atom stereocenters. The smallest absolute Gasteiger partial charge is 0.407 e. The van der Waals surface area contributed by atoms with Crippen LogP contribution < -0.4 is 14.8 Å². The van der Waals surface area contributed by atoms with Gasteiger partial charge in [-0.05, 0) is 127 Å². The molecule has 1 fully saturated rings. The highest BCUT2D eigenvalue weighted by Crippen LogP contribution is 2.46. The molecule has 63 heavy (non-hydrogen) atoms. The first kappa shape index (κ1) is 42.2. The number of sulfonamides is 1. The van der Waals surface area contributed by atoms with E-state index >= 15 is 0 Å². The van der Waals surface area contributed by atoms with Crippen molar-refractivity contribution >= 4 is 28.0 Å². The Balaban J connectivity index is 0.993. The average molecular weight is 867 g/mol. The standard InChI is InChI=1S/C51H54N4O7S/c1-30-31(2)47(32(3)42-28-51(4,5)62-46(30)42)63(59,60)54-49(52-45-36-16-8-6-14-33(36)22-23-34-15-7-9-17-37(34)45)55-26-24-35(25-27-55)44(48(56)57)53-50(58)61-29-43-40-20-12-10-18-38(40)39-19-11-13-21-41(39)43/h6-21,35,43-45H,22-29H2,1-5H3,(H,52,54)(H,53,58)(H,56,57). The van der Waals surface area contributed by atoms with Crippen LogP contribution in [0.5, 0.6) is 5.75 Å². The number of benzene rings is 5. The Morgan fingerprint density at radius 1 is 0.810 bits per heavy atom. The summed E-state index contributed by atoms with van der Waals surface area (Å²) in [6, 6.07) is 30.7. The number of alkyl carbamates (subject to hydrolysis) is 1. The van der Waals surface area contributed by atoms with Crippen molar-refractivity contribution in [2.75, 3.05) is 19.7 Å². The van der Waals surface area contributed by atoms with Gasteiger partial charge in [0.25, 0.3) is 10.0 Å². The number of aliphatic carboxylic acids is 1. The highest BCUT2D eigenvalue weighted by atomic mass is 32.2. The summed E-state index contributed by atoms with van der Waals surface area (Å²) in [7, 11) is -4.22. The van der Waals surface area contributed by atoms with Gasteiger partial charge in [-0.15, -0.1) is 0 Å². The number of nitrogens with one attached hydrogen (secondary N) is 2. The van der Waals surface area contributed by atoms with E-state index in [-0.39, 0.29) is 23.4 Å². The monoisotopic (exact) mass is 866 g/mol. The Morgan fingerprint density at radius 2 is 1.35 bits per heavy atom. The lowest BCUT2D eigenvalue weighted by atomic mass is 9.89. The van der Waals surface area contributed by atoms with E-state index in [1.54, 1.807) is 0 Å². The molecule has 2 heterocycles. The van der Waals surface area contributed by atoms with Gasteiger partial charge in [-0.2, -0.15) is 0 Å². The van der Waals surface area contributed by atoms with Crippen LogP contribution in [0.15, 0.2) is 107 Å². The minimum atomic E-state index is -4.22. The van der Waals surface area contributed by atoms with Crippen molar-refractivity contribution < 1.29 is 32.6 Å². The molecule has 12 heteroatoms. The molecule has 0 spiro atoms. The zero-order chi connectivity index (χ0) is 44.2. The molecule has 326 valence electrons. The van der Waals surface area contributed by atoms with Gasteiger partial charge in [0.2, 0.25) is 5.96 Å². The first-order valence-corrected chi connectivity index (χ1v) is 23.4. The molecule has 3 N–H and O–H groups in total. The number of rotatable bonds is 8. The molecule has 2 aliphatic heterocycles. The molecule has 1 unspecified atom stereocenters. The number of hydrogen-bond donors (Lipinski definition) is 3. The van der Waals surface area contributed by atoms with Crippen molar-refractivity contribution in [3.63, 3.8) is 0 Å². The highest BCUT2D eigenvalue weighted by molar-refractivity contribution is 7.90. The molecule has 9 rings (SSSR count). The summed E-state index contributed by atoms with van der Waals surface area (Å²) in [4.78, 5) is 33.7. The van der Waals surface area contributed by atoms with Gasteiger partial charge in [0.05, 0.1) is 4.90 Å². The number of aliphatic imine (C=N–C) groups is 1. The fourth-order valence-electron chi connectivity index (χ4n) is 10.3. The van der Waals surface area contributed by atoms with Crippen LogP contribution in [0.2, 0.25) is 0 Å². The number of carbonyl (C=O) groups excluding carboxylic acids is 1. The number of likely N-dealkylation sites (tertiary alicyclic amines) is 1. The summed E-state index contributed by atoms with van der Waals surface area (Å²) in [5, 5.41) is 13.1. The molecular formula is C51H54N4O7S. The number of piperidine rings is 1. The number of amides is 1. The summed E-state index contributed by atoms with van der Waals surface area (Å²) >= 11 is 0. The van der Waals surface area contributed by atoms with Crippen LogP contribution in [0.1, 0.15) is 94.3 Å². The molecule has 0 bridgehead atoms. The number of nitrogens with zero attached hydrogens (tertiary/aromatic N) is 2. The first-order chi connectivity index (χ1) is 30.2. The maximum absolute atomic E-state index is 14.9. The number of fused-ring (bicyclic) bond motifs is 6. The minimum absolute atomic E-state index is 0.0610. The molecule has 1 saturated heterocycles. The van der Waals surface area contributed by atoms with E-state index in [0.29, 0.717) is 43.5 Å². The van der Waals surface area contributed by atoms with E-state index in [0.717, 1.165) is 74.2 Å². The zero-order valence-corrected chi connectivity index (χ0v) is 37.2. The third-order valence-corrected chi connectivity index (χ3v) is 15.2. The zero-order valence-electron chi connectivity index (χ0n) is 36.4. The Labute approximate surface area is 369 Å². The van der Waals surface area contributed by atoms with Crippen molar-refractivity contribution in [2.24, 2.45) is 10.9 Å². The topological polar surface area (TPSA) is 147 Å². The number of carboxylic acids is 1. The summed E-state index contributed by atoms with van der Waals surface area (Å²) in [5.74, 6) is -0.847. The Morgan fingerprint density at radius 3 is 1.92 bits per heavy atom. The van der Waals surface area contributed by atoms with Crippen LogP contribution in [0, 0.1) is 26.7 Å². The molecular weight excluding hydrogens is 813 g/mol. The van der Waals surface area contributed by atoms with Crippen LogP contribution in [0.4, 0.5) is 4.79 Å². The number of guanidine groups is 1. The predicted molar refractivity (Wildman–Crippen MR) is 243 cm³/mol. The quantitative estimate of drug-likeness (QED) is 0.104. The average Bonchev–Trinajstić information content (AvgIpc) is 3.73. The number of carboxylic acid groups (broad SMARTS) is 1. The molecule has 0 aromatic heterocycles. The van der Waals surface area contributed by atoms with Crippen molar-refractivity contribution in [3.8, 4) is 16.9 Å². The summed E-state index contributed by atoms with van der Waals surface area (Å²) in [5.41, 5.74) is 11.1. The first-order valence-electron chi connectivity index (χ1n) is 21.9. The van der Waals surface area contributed by atoms with E-state index in [4.69, 9.17) is 14.5 Å². The molecule has 4 aliphatic rings. The molecule has 5 aromatic rings. The van der Waals surface area contributed by atoms with Crippen LogP contribution in [0.3, 0.4) is 0 Å². The summed E-state index contributed by atoms with van der Waals surface area (Å²) < 4.78 is 44.9. The van der Waals surface area contributed by atoms with Crippen molar-refractivity contribution in [3.05, 3.63) is 153 Å². The lowest BCUT2D eigenvalue weighted by molar-refractivity contribution is -0.141. The maximum Gasteiger partial charge on any atom is 0.407 e. The van der Waals surface area contributed by atoms with E-state index < -0.39 is 45.7 Å². The molecule has 0 saturated carbocycles. The van der Waals surface area contributed by atoms with Gasteiger partial charge in [0.15, 0.2) is 0 Å². The van der Waals surface area contributed by atoms with Crippen LogP contribution in [-0.4, -0.2) is 67.8 Å². The van der Waals surface area contributed by atoms with E-state index in [1.165, 1.54) is 0 Å². The fraction of sp³-hybridized carbons (Fsp3) is 0.353. The van der Waals surface area contributed by atoms with Crippen LogP contribution >= 0.6 is 0 Å². The van der Waals surface area contributed by atoms with Crippen LogP contribution in [-0.2, 0) is 38.8 Å². The molecule has 2 aliphatic carbocycles. The fourth-order valence-corrected chi connectivity index (χ4v) is 11.9. The van der Waals surface area contributed by atoms with E-state index in [9.17, 15) is 23.1 Å². The van der Waals surface area contributed by atoms with E-state index in [2.05, 4.69) is 46.4 Å². The largest absolute Gasteiger partial charge is 0.487 e. The van der Waals surface area contributed by atoms with Gasteiger partial charge in [0, 0.05) is 31.0 Å². The van der Waals surface area contributed by atoms with Gasteiger partial charge < -0.3 is 24.8 Å². The molecule has 11 nitrogen and oxygen atoms in total. The maximum atomic E-state index is 14.9. The number of hydrogen-bond acceptors (Lipinski definition) is 7. The molecule has 5 aromatic carbocycles. The Hall–Kier alpha value is -6.14. The molecule has 0 radical (unpaired) electrons. The highest BCUT2D eigenvalue weighted by Gasteiger charge is 2.39. The number of carbonyl (C=O) groups is 2. The van der Waals surface area contributed by atoms with Gasteiger partial charge in [-0.1, -0.05) is 97.1 Å². The normalized spacial score (nSPS) is 17.6. The lowest BCUT2D eigenvalue weighted by Gasteiger charge is -2.37. The Bertz CT molecular complexity index is 2680. The van der Waals surface area contributed by atoms with Gasteiger partial charge in [-0.25, -0.2) is 27.7 Å². The SMILES string of the molecule is Cc1c(C)c(S(=O)(=O)N/C(=N\C2c3ccccc3CCc3ccccc32)N2CCC(C(NC(=O)OCC3c4ccccc4-c4ccccc43)C(=O)O)CC2)c(C)c2c1OC(C)(C)C2. The third-order valence-electron chi connectivity index (χ3n) is 13.6. The van der Waals surface area contributed by atoms with Crippen molar-refractivity contribution in [1.82, 2.24) is 14.9 Å². The summed E-state index contributed by atoms with van der Waals surface area (Å²) in [6.07, 6.45) is 2.13. The second-order valence-electron chi connectivity index (χ2n) is 18.0. The second-order valence-corrected chi connectivity index (χ2v) is 19.6. The van der Waals surface area contributed by atoms with Gasteiger partial charge in [0.1, 0.15) is 30.0 Å².